The highest BCUT2D eigenvalue weighted by atomic mass is 16.7. The standard InChI is InChI=1S/C32H50BN3O5/c1-20-17-21(2)19-24(18-20)28(38)36(29(34)30(4,5)6)35-27(37)25-15-14-23(26(39-11)22(25)3)13-12-16-33-40-31(7,8)32(9,10)41-33/h15,17-19,23,29H,12-14,16,34H2,1-11H3,(H,35,37). The quantitative estimate of drug-likeness (QED) is 0.232. The van der Waals surface area contributed by atoms with Crippen LogP contribution < -0.4 is 11.2 Å². The SMILES string of the molecule is COC1=C(C)C(C(=O)NN(C(=O)c2cc(C)cc(C)c2)C(N)C(C)(C)C)=CCC1CCCB1OC(C)(C)C(C)(C)O1. The maximum atomic E-state index is 13.7. The molecule has 1 fully saturated rings. The van der Waals surface area contributed by atoms with Gasteiger partial charge in [0, 0.05) is 17.1 Å². The van der Waals surface area contributed by atoms with Crippen molar-refractivity contribution in [3.05, 3.63) is 57.9 Å². The summed E-state index contributed by atoms with van der Waals surface area (Å²) in [6.45, 7) is 19.8. The molecule has 1 aromatic rings. The van der Waals surface area contributed by atoms with Crippen molar-refractivity contribution < 1.29 is 23.6 Å². The van der Waals surface area contributed by atoms with Crippen LogP contribution in [-0.2, 0) is 18.8 Å². The third-order valence-electron chi connectivity index (χ3n) is 8.58. The lowest BCUT2D eigenvalue weighted by Crippen LogP contribution is -2.60. The van der Waals surface area contributed by atoms with Gasteiger partial charge in [0.25, 0.3) is 11.8 Å². The summed E-state index contributed by atoms with van der Waals surface area (Å²) in [5, 5.41) is 1.27. The van der Waals surface area contributed by atoms with Gasteiger partial charge in [-0.1, -0.05) is 50.5 Å². The van der Waals surface area contributed by atoms with Crippen molar-refractivity contribution in [2.45, 2.75) is 112 Å². The molecule has 41 heavy (non-hydrogen) atoms. The van der Waals surface area contributed by atoms with E-state index < -0.39 is 11.6 Å². The largest absolute Gasteiger partial charge is 0.500 e. The molecule has 1 saturated heterocycles. The summed E-state index contributed by atoms with van der Waals surface area (Å²) in [7, 11) is 1.41. The predicted molar refractivity (Wildman–Crippen MR) is 164 cm³/mol. The minimum atomic E-state index is -0.752. The Bertz CT molecular complexity index is 1180. The van der Waals surface area contributed by atoms with E-state index in [2.05, 4.69) is 33.1 Å². The number of hydrogen-bond donors (Lipinski definition) is 2. The number of hydrazine groups is 1. The zero-order valence-electron chi connectivity index (χ0n) is 26.9. The number of nitrogens with zero attached hydrogens (tertiary/aromatic N) is 1. The summed E-state index contributed by atoms with van der Waals surface area (Å²) in [5.41, 5.74) is 11.9. The fourth-order valence-electron chi connectivity index (χ4n) is 5.45. The molecule has 3 N–H and O–H groups in total. The molecule has 1 aromatic carbocycles. The van der Waals surface area contributed by atoms with Gasteiger partial charge in [0.2, 0.25) is 0 Å². The van der Waals surface area contributed by atoms with Crippen LogP contribution in [0.3, 0.4) is 0 Å². The van der Waals surface area contributed by atoms with E-state index in [4.69, 9.17) is 19.8 Å². The van der Waals surface area contributed by atoms with Gasteiger partial charge in [0.15, 0.2) is 0 Å². The second kappa shape index (κ2) is 12.3. The predicted octanol–water partition coefficient (Wildman–Crippen LogP) is 5.85. The summed E-state index contributed by atoms with van der Waals surface area (Å²) in [4.78, 5) is 27.3. The van der Waals surface area contributed by atoms with E-state index >= 15 is 0 Å². The first kappa shape index (κ1) is 32.9. The zero-order chi connectivity index (χ0) is 30.9. The number of carbonyl (C=O) groups is 2. The number of nitrogens with one attached hydrogen (secondary N) is 1. The van der Waals surface area contributed by atoms with Crippen LogP contribution in [0.1, 0.15) is 96.1 Å². The summed E-state index contributed by atoms with van der Waals surface area (Å²) in [6, 6.07) is 5.63. The van der Waals surface area contributed by atoms with Crippen molar-refractivity contribution in [3.63, 3.8) is 0 Å². The first-order valence-electron chi connectivity index (χ1n) is 14.7. The number of nitrogens with two attached hydrogens (primary N) is 1. The summed E-state index contributed by atoms with van der Waals surface area (Å²) < 4.78 is 18.1. The number of benzene rings is 1. The Kier molecular flexibility index (Phi) is 9.88. The number of aryl methyl sites for hydroxylation is 2. The Morgan fingerprint density at radius 3 is 2.17 bits per heavy atom. The lowest BCUT2D eigenvalue weighted by atomic mass is 9.79. The van der Waals surface area contributed by atoms with Gasteiger partial charge in [-0.2, -0.15) is 0 Å². The van der Waals surface area contributed by atoms with E-state index in [1.54, 1.807) is 7.11 Å². The molecule has 1 aliphatic carbocycles. The van der Waals surface area contributed by atoms with E-state index in [1.165, 1.54) is 5.01 Å². The number of hydrogen-bond acceptors (Lipinski definition) is 6. The molecule has 2 aliphatic rings. The smallest absolute Gasteiger partial charge is 0.457 e. The zero-order valence-corrected chi connectivity index (χ0v) is 26.9. The average Bonchev–Trinajstić information content (AvgIpc) is 3.06. The van der Waals surface area contributed by atoms with Crippen LogP contribution in [-0.4, -0.2) is 48.4 Å². The molecule has 0 saturated carbocycles. The average molecular weight is 568 g/mol. The first-order valence-corrected chi connectivity index (χ1v) is 14.7. The van der Waals surface area contributed by atoms with Crippen molar-refractivity contribution in [2.24, 2.45) is 17.1 Å². The van der Waals surface area contributed by atoms with Crippen molar-refractivity contribution in [2.75, 3.05) is 7.11 Å². The number of methoxy groups -OCH3 is 1. The summed E-state index contributed by atoms with van der Waals surface area (Å²) in [5.74, 6) is 0.200. The number of amides is 2. The highest BCUT2D eigenvalue weighted by Gasteiger charge is 2.50. The van der Waals surface area contributed by atoms with E-state index in [0.29, 0.717) is 17.6 Å². The second-order valence-corrected chi connectivity index (χ2v) is 13.7. The topological polar surface area (TPSA) is 103 Å². The van der Waals surface area contributed by atoms with Crippen LogP contribution in [0, 0.1) is 25.2 Å². The fourth-order valence-corrected chi connectivity index (χ4v) is 5.45. The van der Waals surface area contributed by atoms with Crippen molar-refractivity contribution >= 4 is 18.9 Å². The Labute approximate surface area is 247 Å². The van der Waals surface area contributed by atoms with E-state index in [-0.39, 0.29) is 36.1 Å². The monoisotopic (exact) mass is 567 g/mol. The Balaban J connectivity index is 1.74. The van der Waals surface area contributed by atoms with Crippen LogP contribution in [0.15, 0.2) is 41.2 Å². The van der Waals surface area contributed by atoms with Crippen molar-refractivity contribution in [1.82, 2.24) is 10.4 Å². The van der Waals surface area contributed by atoms with Gasteiger partial charge < -0.3 is 19.8 Å². The fraction of sp³-hybridized carbons (Fsp3) is 0.625. The molecule has 0 aromatic heterocycles. The lowest BCUT2D eigenvalue weighted by Gasteiger charge is -2.37. The van der Waals surface area contributed by atoms with Crippen LogP contribution in [0.25, 0.3) is 0 Å². The first-order chi connectivity index (χ1) is 18.9. The number of ether oxygens (including phenoxy) is 1. The molecular formula is C32H50BN3O5. The molecule has 0 radical (unpaired) electrons. The third kappa shape index (κ3) is 7.43. The summed E-state index contributed by atoms with van der Waals surface area (Å²) in [6.07, 6.45) is 4.41. The molecular weight excluding hydrogens is 517 g/mol. The lowest BCUT2D eigenvalue weighted by molar-refractivity contribution is -0.122. The minimum Gasteiger partial charge on any atom is -0.500 e. The Morgan fingerprint density at radius 2 is 1.66 bits per heavy atom. The highest BCUT2D eigenvalue weighted by molar-refractivity contribution is 6.45. The molecule has 1 aliphatic heterocycles. The summed E-state index contributed by atoms with van der Waals surface area (Å²) >= 11 is 0. The molecule has 8 nitrogen and oxygen atoms in total. The van der Waals surface area contributed by atoms with E-state index in [9.17, 15) is 9.59 Å². The second-order valence-electron chi connectivity index (χ2n) is 13.7. The van der Waals surface area contributed by atoms with Gasteiger partial charge >= 0.3 is 7.12 Å². The number of rotatable bonds is 8. The van der Waals surface area contributed by atoms with Gasteiger partial charge in [-0.05, 0) is 90.7 Å². The van der Waals surface area contributed by atoms with Crippen molar-refractivity contribution in [3.8, 4) is 0 Å². The van der Waals surface area contributed by atoms with Crippen LogP contribution in [0.5, 0.6) is 0 Å². The molecule has 0 bridgehead atoms. The maximum Gasteiger partial charge on any atom is 0.457 e. The van der Waals surface area contributed by atoms with E-state index in [0.717, 1.165) is 41.6 Å². The van der Waals surface area contributed by atoms with Gasteiger partial charge in [0.1, 0.15) is 11.9 Å². The van der Waals surface area contributed by atoms with Crippen LogP contribution in [0.4, 0.5) is 0 Å². The normalized spacial score (nSPS) is 20.9. The van der Waals surface area contributed by atoms with Crippen LogP contribution in [0.2, 0.25) is 6.32 Å². The molecule has 2 atom stereocenters. The molecule has 3 rings (SSSR count). The third-order valence-corrected chi connectivity index (χ3v) is 8.58. The molecule has 1 heterocycles. The molecule has 226 valence electrons. The highest BCUT2D eigenvalue weighted by Crippen LogP contribution is 2.39. The maximum absolute atomic E-state index is 13.7. The Hall–Kier alpha value is -2.62. The van der Waals surface area contributed by atoms with Gasteiger partial charge in [-0.15, -0.1) is 0 Å². The van der Waals surface area contributed by atoms with Gasteiger partial charge in [0.05, 0.1) is 18.3 Å². The Morgan fingerprint density at radius 1 is 1.10 bits per heavy atom. The van der Waals surface area contributed by atoms with E-state index in [1.807, 2.05) is 65.8 Å². The molecule has 9 heteroatoms. The molecule has 2 amide bonds. The molecule has 2 unspecified atom stereocenters. The van der Waals surface area contributed by atoms with Crippen LogP contribution >= 0.6 is 0 Å². The van der Waals surface area contributed by atoms with Gasteiger partial charge in [-0.25, -0.2) is 5.01 Å². The number of allylic oxidation sites excluding steroid dienone is 2. The van der Waals surface area contributed by atoms with Gasteiger partial charge in [-0.3, -0.25) is 15.0 Å². The number of carbonyl (C=O) groups excluding carboxylic acids is 2. The molecule has 0 spiro atoms. The van der Waals surface area contributed by atoms with Crippen molar-refractivity contribution in [1.29, 1.82) is 0 Å². The minimum absolute atomic E-state index is 0.142.